The van der Waals surface area contributed by atoms with Crippen molar-refractivity contribution in [2.45, 2.75) is 26.2 Å². The molecule has 1 aromatic carbocycles. The number of anilines is 2. The molecule has 0 spiro atoms. The lowest BCUT2D eigenvalue weighted by atomic mass is 10.1. The molecule has 0 saturated carbocycles. The lowest BCUT2D eigenvalue weighted by Gasteiger charge is -2.34. The third-order valence-corrected chi connectivity index (χ3v) is 6.32. The molecular formula is C24H32N6O2. The third-order valence-electron chi connectivity index (χ3n) is 6.32. The second-order valence-electron chi connectivity index (χ2n) is 8.41. The zero-order valence-electron chi connectivity index (χ0n) is 18.7. The number of carbonyl (C=O) groups excluding carboxylic acids is 2. The van der Waals surface area contributed by atoms with Gasteiger partial charge in [-0.05, 0) is 37.1 Å². The van der Waals surface area contributed by atoms with E-state index in [1.165, 1.54) is 0 Å². The average Bonchev–Trinajstić information content (AvgIpc) is 3.24. The molecule has 2 aliphatic rings. The van der Waals surface area contributed by atoms with Gasteiger partial charge >= 0.3 is 0 Å². The SMILES string of the molecule is CCc1ccccc1N1CC(C(=O)NCCCN2CCN(c3ncccn3)CC2)CC1=O. The van der Waals surface area contributed by atoms with Crippen LogP contribution in [0.2, 0.25) is 0 Å². The van der Waals surface area contributed by atoms with E-state index in [0.717, 1.165) is 62.8 Å². The van der Waals surface area contributed by atoms with Gasteiger partial charge in [0.2, 0.25) is 17.8 Å². The van der Waals surface area contributed by atoms with E-state index in [0.29, 0.717) is 13.1 Å². The Morgan fingerprint density at radius 2 is 1.84 bits per heavy atom. The number of piperazine rings is 1. The maximum atomic E-state index is 12.6. The fourth-order valence-electron chi connectivity index (χ4n) is 4.47. The standard InChI is InChI=1S/C24H32N6O2/c1-2-19-7-3-4-8-21(19)30-18-20(17-22(30)31)23(32)25-11-6-12-28-13-15-29(16-14-28)24-26-9-5-10-27-24/h3-5,7-10,20H,2,6,11-18H2,1H3,(H,25,32). The number of aromatic nitrogens is 2. The molecule has 1 aromatic heterocycles. The van der Waals surface area contributed by atoms with Gasteiger partial charge < -0.3 is 15.1 Å². The molecule has 3 heterocycles. The summed E-state index contributed by atoms with van der Waals surface area (Å²) in [6.45, 7) is 7.89. The van der Waals surface area contributed by atoms with Crippen LogP contribution in [0, 0.1) is 5.92 Å². The number of benzene rings is 1. The summed E-state index contributed by atoms with van der Waals surface area (Å²) in [5.74, 6) is 0.537. The fourth-order valence-corrected chi connectivity index (χ4v) is 4.47. The number of hydrogen-bond acceptors (Lipinski definition) is 6. The normalized spacial score (nSPS) is 19.4. The number of nitrogens with zero attached hydrogens (tertiary/aromatic N) is 5. The second kappa shape index (κ2) is 10.5. The summed E-state index contributed by atoms with van der Waals surface area (Å²) in [7, 11) is 0. The highest BCUT2D eigenvalue weighted by Gasteiger charge is 2.35. The van der Waals surface area contributed by atoms with Crippen molar-refractivity contribution in [2.75, 3.05) is 55.6 Å². The predicted octanol–water partition coefficient (Wildman–Crippen LogP) is 1.72. The average molecular weight is 437 g/mol. The van der Waals surface area contributed by atoms with Crippen molar-refractivity contribution in [3.8, 4) is 0 Å². The van der Waals surface area contributed by atoms with Crippen LogP contribution in [0.25, 0.3) is 0 Å². The minimum atomic E-state index is -0.276. The first-order valence-corrected chi connectivity index (χ1v) is 11.6. The molecule has 0 bridgehead atoms. The van der Waals surface area contributed by atoms with Crippen LogP contribution in [0.3, 0.4) is 0 Å². The Labute approximate surface area is 189 Å². The summed E-state index contributed by atoms with van der Waals surface area (Å²) in [5, 5.41) is 3.05. The summed E-state index contributed by atoms with van der Waals surface area (Å²) < 4.78 is 0. The Bertz CT molecular complexity index is 914. The molecule has 8 nitrogen and oxygen atoms in total. The van der Waals surface area contributed by atoms with Crippen LogP contribution in [-0.4, -0.2) is 72.5 Å². The third kappa shape index (κ3) is 5.24. The number of nitrogens with one attached hydrogen (secondary N) is 1. The van der Waals surface area contributed by atoms with Crippen molar-refractivity contribution in [1.29, 1.82) is 0 Å². The maximum Gasteiger partial charge on any atom is 0.227 e. The Balaban J connectivity index is 1.17. The molecule has 4 rings (SSSR count). The maximum absolute atomic E-state index is 12.6. The van der Waals surface area contributed by atoms with Crippen LogP contribution in [0.4, 0.5) is 11.6 Å². The van der Waals surface area contributed by atoms with Crippen LogP contribution in [0.15, 0.2) is 42.7 Å². The number of hydrogen-bond donors (Lipinski definition) is 1. The first-order chi connectivity index (χ1) is 15.7. The molecule has 170 valence electrons. The van der Waals surface area contributed by atoms with Crippen LogP contribution < -0.4 is 15.1 Å². The largest absolute Gasteiger partial charge is 0.356 e. The number of rotatable bonds is 8. The Morgan fingerprint density at radius 3 is 2.59 bits per heavy atom. The molecule has 1 N–H and O–H groups in total. The summed E-state index contributed by atoms with van der Waals surface area (Å²) in [4.78, 5) is 40.2. The zero-order valence-corrected chi connectivity index (χ0v) is 18.7. The highest BCUT2D eigenvalue weighted by atomic mass is 16.2. The molecule has 2 fully saturated rings. The lowest BCUT2D eigenvalue weighted by molar-refractivity contribution is -0.126. The molecule has 2 saturated heterocycles. The molecule has 0 radical (unpaired) electrons. The van der Waals surface area contributed by atoms with Gasteiger partial charge in [0.1, 0.15) is 0 Å². The van der Waals surface area contributed by atoms with Crippen molar-refractivity contribution < 1.29 is 9.59 Å². The summed E-state index contributed by atoms with van der Waals surface area (Å²) in [5.41, 5.74) is 2.08. The van der Waals surface area contributed by atoms with Gasteiger partial charge in [-0.3, -0.25) is 14.5 Å². The minimum absolute atomic E-state index is 0.0131. The van der Waals surface area contributed by atoms with E-state index in [1.54, 1.807) is 17.3 Å². The first-order valence-electron chi connectivity index (χ1n) is 11.6. The van der Waals surface area contributed by atoms with Gasteiger partial charge in [-0.15, -0.1) is 0 Å². The van der Waals surface area contributed by atoms with E-state index >= 15 is 0 Å². The van der Waals surface area contributed by atoms with Crippen molar-refractivity contribution in [2.24, 2.45) is 5.92 Å². The summed E-state index contributed by atoms with van der Waals surface area (Å²) in [6, 6.07) is 9.78. The van der Waals surface area contributed by atoms with Gasteiger partial charge in [-0.25, -0.2) is 9.97 Å². The molecule has 2 aromatic rings. The van der Waals surface area contributed by atoms with Crippen LogP contribution >= 0.6 is 0 Å². The van der Waals surface area contributed by atoms with E-state index in [4.69, 9.17) is 0 Å². The highest BCUT2D eigenvalue weighted by molar-refractivity contribution is 6.00. The zero-order chi connectivity index (χ0) is 22.3. The number of amides is 2. The fraction of sp³-hybridized carbons (Fsp3) is 0.500. The monoisotopic (exact) mass is 436 g/mol. The van der Waals surface area contributed by atoms with Gasteiger partial charge in [-0.1, -0.05) is 25.1 Å². The van der Waals surface area contributed by atoms with Gasteiger partial charge in [0.05, 0.1) is 5.92 Å². The van der Waals surface area contributed by atoms with Crippen molar-refractivity contribution in [1.82, 2.24) is 20.2 Å². The van der Waals surface area contributed by atoms with Crippen LogP contribution in [-0.2, 0) is 16.0 Å². The minimum Gasteiger partial charge on any atom is -0.356 e. The van der Waals surface area contributed by atoms with Gasteiger partial charge in [-0.2, -0.15) is 0 Å². The molecule has 1 unspecified atom stereocenters. The van der Waals surface area contributed by atoms with Gasteiger partial charge in [0, 0.05) is 63.8 Å². The molecular weight excluding hydrogens is 404 g/mol. The highest BCUT2D eigenvalue weighted by Crippen LogP contribution is 2.28. The molecule has 2 aliphatic heterocycles. The van der Waals surface area contributed by atoms with E-state index in [1.807, 2.05) is 30.3 Å². The molecule has 1 atom stereocenters. The van der Waals surface area contributed by atoms with Crippen molar-refractivity contribution in [3.05, 3.63) is 48.3 Å². The topological polar surface area (TPSA) is 81.7 Å². The van der Waals surface area contributed by atoms with Crippen molar-refractivity contribution >= 4 is 23.5 Å². The Morgan fingerprint density at radius 1 is 1.09 bits per heavy atom. The van der Waals surface area contributed by atoms with E-state index in [2.05, 4.69) is 32.0 Å². The smallest absolute Gasteiger partial charge is 0.227 e. The van der Waals surface area contributed by atoms with E-state index < -0.39 is 0 Å². The Kier molecular flexibility index (Phi) is 7.32. The first kappa shape index (κ1) is 22.2. The quantitative estimate of drug-likeness (QED) is 0.635. The van der Waals surface area contributed by atoms with Crippen LogP contribution in [0.5, 0.6) is 0 Å². The predicted molar refractivity (Wildman–Crippen MR) is 125 cm³/mol. The molecule has 2 amide bonds. The van der Waals surface area contributed by atoms with Gasteiger partial charge in [0.15, 0.2) is 0 Å². The number of aryl methyl sites for hydroxylation is 1. The Hall–Kier alpha value is -3.00. The number of carbonyl (C=O) groups is 2. The summed E-state index contributed by atoms with van der Waals surface area (Å²) in [6.07, 6.45) is 5.60. The number of para-hydroxylation sites is 1. The van der Waals surface area contributed by atoms with Gasteiger partial charge in [0.25, 0.3) is 0 Å². The van der Waals surface area contributed by atoms with E-state index in [-0.39, 0.29) is 24.2 Å². The second-order valence-corrected chi connectivity index (χ2v) is 8.41. The molecule has 0 aliphatic carbocycles. The molecule has 8 heteroatoms. The van der Waals surface area contributed by atoms with Crippen LogP contribution in [0.1, 0.15) is 25.3 Å². The molecule has 32 heavy (non-hydrogen) atoms. The van der Waals surface area contributed by atoms with E-state index in [9.17, 15) is 9.59 Å². The lowest BCUT2D eigenvalue weighted by Crippen LogP contribution is -2.47. The van der Waals surface area contributed by atoms with Crippen molar-refractivity contribution in [3.63, 3.8) is 0 Å². The summed E-state index contributed by atoms with van der Waals surface area (Å²) >= 11 is 0.